The van der Waals surface area contributed by atoms with Gasteiger partial charge in [-0.3, -0.25) is 0 Å². The van der Waals surface area contributed by atoms with E-state index in [1.165, 1.54) is 0 Å². The van der Waals surface area contributed by atoms with E-state index in [1.807, 2.05) is 13.0 Å². The van der Waals surface area contributed by atoms with E-state index in [9.17, 15) is 9.90 Å². The summed E-state index contributed by atoms with van der Waals surface area (Å²) in [7, 11) is 0. The molecule has 0 bridgehead atoms. The molecule has 0 saturated heterocycles. The number of aryl methyl sites for hydroxylation is 1. The summed E-state index contributed by atoms with van der Waals surface area (Å²) >= 11 is 0. The van der Waals surface area contributed by atoms with Crippen molar-refractivity contribution in [3.05, 3.63) is 33.4 Å². The Kier molecular flexibility index (Phi) is 2.38. The first kappa shape index (κ1) is 11.5. The SMILES string of the molecule is Cc1cc2c(c(=O)o1)C=C1CCC[C@@H](O)[C@]1(C)O2. The van der Waals surface area contributed by atoms with E-state index in [1.54, 1.807) is 13.0 Å². The van der Waals surface area contributed by atoms with Crippen LogP contribution < -0.4 is 10.4 Å². The summed E-state index contributed by atoms with van der Waals surface area (Å²) in [5, 5.41) is 10.2. The fraction of sp³-hybridized carbons (Fsp3) is 0.500. The molecule has 1 aromatic rings. The summed E-state index contributed by atoms with van der Waals surface area (Å²) in [6, 6.07) is 1.70. The topological polar surface area (TPSA) is 59.7 Å². The van der Waals surface area contributed by atoms with Crippen molar-refractivity contribution in [3.8, 4) is 5.75 Å². The zero-order chi connectivity index (χ0) is 12.9. The first-order valence-corrected chi connectivity index (χ1v) is 6.23. The lowest BCUT2D eigenvalue weighted by atomic mass is 9.77. The number of fused-ring (bicyclic) bond motifs is 2. The number of hydrogen-bond acceptors (Lipinski definition) is 4. The largest absolute Gasteiger partial charge is 0.479 e. The maximum absolute atomic E-state index is 11.8. The van der Waals surface area contributed by atoms with E-state index in [-0.39, 0.29) is 5.63 Å². The molecule has 0 radical (unpaired) electrons. The zero-order valence-corrected chi connectivity index (χ0v) is 10.5. The molecule has 0 aromatic carbocycles. The minimum Gasteiger partial charge on any atom is -0.479 e. The number of rotatable bonds is 0. The lowest BCUT2D eigenvalue weighted by Gasteiger charge is -2.43. The van der Waals surface area contributed by atoms with Crippen LogP contribution in [0.15, 0.2) is 20.9 Å². The average molecular weight is 248 g/mol. The second kappa shape index (κ2) is 3.72. The van der Waals surface area contributed by atoms with Crippen molar-refractivity contribution in [1.29, 1.82) is 0 Å². The third-order valence-corrected chi connectivity index (χ3v) is 3.91. The molecule has 1 aromatic heterocycles. The number of hydrogen-bond donors (Lipinski definition) is 1. The van der Waals surface area contributed by atoms with Gasteiger partial charge in [0.25, 0.3) is 0 Å². The van der Waals surface area contributed by atoms with Gasteiger partial charge in [0.1, 0.15) is 17.1 Å². The fourth-order valence-electron chi connectivity index (χ4n) is 2.78. The molecule has 1 saturated carbocycles. The van der Waals surface area contributed by atoms with Gasteiger partial charge >= 0.3 is 5.63 Å². The molecule has 3 rings (SSSR count). The van der Waals surface area contributed by atoms with Crippen molar-refractivity contribution in [2.24, 2.45) is 0 Å². The minimum absolute atomic E-state index is 0.375. The Morgan fingerprint density at radius 3 is 3.06 bits per heavy atom. The Morgan fingerprint density at radius 2 is 2.28 bits per heavy atom. The van der Waals surface area contributed by atoms with Gasteiger partial charge in [-0.25, -0.2) is 4.79 Å². The molecule has 0 spiro atoms. The molecule has 2 atom stereocenters. The van der Waals surface area contributed by atoms with Crippen LogP contribution in [0.3, 0.4) is 0 Å². The van der Waals surface area contributed by atoms with Crippen LogP contribution in [0.5, 0.6) is 5.75 Å². The van der Waals surface area contributed by atoms with Crippen LogP contribution in [-0.2, 0) is 0 Å². The van der Waals surface area contributed by atoms with Gasteiger partial charge in [0, 0.05) is 6.07 Å². The summed E-state index contributed by atoms with van der Waals surface area (Å²) < 4.78 is 11.0. The number of aliphatic hydroxyl groups is 1. The van der Waals surface area contributed by atoms with Crippen molar-refractivity contribution in [1.82, 2.24) is 0 Å². The molecule has 1 fully saturated rings. The zero-order valence-electron chi connectivity index (χ0n) is 10.5. The molecule has 0 amide bonds. The molecule has 2 heterocycles. The van der Waals surface area contributed by atoms with Crippen LogP contribution in [0.25, 0.3) is 6.08 Å². The Balaban J connectivity index is 2.19. The Labute approximate surface area is 105 Å². The highest BCUT2D eigenvalue weighted by Gasteiger charge is 2.44. The van der Waals surface area contributed by atoms with Gasteiger partial charge < -0.3 is 14.3 Å². The normalized spacial score (nSPS) is 29.9. The molecule has 1 aliphatic carbocycles. The summed E-state index contributed by atoms with van der Waals surface area (Å²) in [4.78, 5) is 11.8. The van der Waals surface area contributed by atoms with Gasteiger partial charge in [-0.05, 0) is 44.8 Å². The van der Waals surface area contributed by atoms with E-state index in [0.29, 0.717) is 17.1 Å². The fourth-order valence-corrected chi connectivity index (χ4v) is 2.78. The Hall–Kier alpha value is -1.55. The van der Waals surface area contributed by atoms with Gasteiger partial charge in [0.15, 0.2) is 5.60 Å². The maximum Gasteiger partial charge on any atom is 0.346 e. The molecular formula is C14H16O4. The van der Waals surface area contributed by atoms with Gasteiger partial charge in [0.2, 0.25) is 0 Å². The monoisotopic (exact) mass is 248 g/mol. The average Bonchev–Trinajstić information content (AvgIpc) is 2.29. The van der Waals surface area contributed by atoms with E-state index < -0.39 is 11.7 Å². The molecule has 0 unspecified atom stereocenters. The standard InChI is InChI=1S/C14H16O4/c1-8-6-11-10(13(16)17-8)7-9-4-3-5-12(15)14(9,2)18-11/h6-7,12,15H,3-5H2,1-2H3/t12-,14-/m1/s1. The second-order valence-corrected chi connectivity index (χ2v) is 5.21. The Bertz CT molecular complexity index is 584. The molecule has 4 heteroatoms. The highest BCUT2D eigenvalue weighted by atomic mass is 16.5. The summed E-state index contributed by atoms with van der Waals surface area (Å²) in [5.74, 6) is 1.03. The van der Waals surface area contributed by atoms with Crippen LogP contribution in [0.1, 0.15) is 37.5 Å². The second-order valence-electron chi connectivity index (χ2n) is 5.21. The van der Waals surface area contributed by atoms with Gasteiger partial charge in [0.05, 0.1) is 6.10 Å². The molecule has 96 valence electrons. The summed E-state index contributed by atoms with van der Waals surface area (Å²) in [5.41, 5.74) is 0.359. The molecule has 4 nitrogen and oxygen atoms in total. The van der Waals surface area contributed by atoms with Crippen LogP contribution >= 0.6 is 0 Å². The third-order valence-electron chi connectivity index (χ3n) is 3.91. The summed E-state index contributed by atoms with van der Waals surface area (Å²) in [6.45, 7) is 3.60. The van der Waals surface area contributed by atoms with Crippen molar-refractivity contribution >= 4 is 6.08 Å². The first-order valence-electron chi connectivity index (χ1n) is 6.23. The van der Waals surface area contributed by atoms with Gasteiger partial charge in [-0.1, -0.05) is 0 Å². The van der Waals surface area contributed by atoms with Crippen molar-refractivity contribution in [3.63, 3.8) is 0 Å². The van der Waals surface area contributed by atoms with E-state index in [4.69, 9.17) is 9.15 Å². The molecular weight excluding hydrogens is 232 g/mol. The molecule has 1 N–H and O–H groups in total. The molecule has 1 aliphatic heterocycles. The van der Waals surface area contributed by atoms with Crippen LogP contribution in [0, 0.1) is 6.92 Å². The van der Waals surface area contributed by atoms with Gasteiger partial charge in [-0.15, -0.1) is 0 Å². The molecule has 18 heavy (non-hydrogen) atoms. The van der Waals surface area contributed by atoms with Crippen molar-refractivity contribution in [2.45, 2.75) is 44.8 Å². The lowest BCUT2D eigenvalue weighted by molar-refractivity contribution is -0.0357. The highest BCUT2D eigenvalue weighted by molar-refractivity contribution is 5.64. The summed E-state index contributed by atoms with van der Waals surface area (Å²) in [6.07, 6.45) is 3.78. The minimum atomic E-state index is -0.703. The Morgan fingerprint density at radius 1 is 1.50 bits per heavy atom. The smallest absolute Gasteiger partial charge is 0.346 e. The van der Waals surface area contributed by atoms with Crippen molar-refractivity contribution < 1.29 is 14.3 Å². The number of aliphatic hydroxyl groups excluding tert-OH is 1. The predicted molar refractivity (Wildman–Crippen MR) is 66.6 cm³/mol. The van der Waals surface area contributed by atoms with E-state index in [2.05, 4.69) is 0 Å². The van der Waals surface area contributed by atoms with Crippen LogP contribution in [0.2, 0.25) is 0 Å². The quantitative estimate of drug-likeness (QED) is 0.763. The van der Waals surface area contributed by atoms with Crippen LogP contribution in [-0.4, -0.2) is 16.8 Å². The van der Waals surface area contributed by atoms with Crippen LogP contribution in [0.4, 0.5) is 0 Å². The van der Waals surface area contributed by atoms with E-state index >= 15 is 0 Å². The lowest BCUT2D eigenvalue weighted by Crippen LogP contribution is -2.50. The molecule has 2 aliphatic rings. The first-order chi connectivity index (χ1) is 8.50. The maximum atomic E-state index is 11.8. The highest BCUT2D eigenvalue weighted by Crippen LogP contribution is 2.42. The van der Waals surface area contributed by atoms with Gasteiger partial charge in [-0.2, -0.15) is 0 Å². The third kappa shape index (κ3) is 1.52. The predicted octanol–water partition coefficient (Wildman–Crippen LogP) is 2.03. The van der Waals surface area contributed by atoms with E-state index in [0.717, 1.165) is 24.8 Å². The number of ether oxygens (including phenoxy) is 1. The van der Waals surface area contributed by atoms with Crippen molar-refractivity contribution in [2.75, 3.05) is 0 Å².